The Balaban J connectivity index is 1.97. The topological polar surface area (TPSA) is 66.5 Å². The fourth-order valence-electron chi connectivity index (χ4n) is 3.05. The molecule has 35 heavy (non-hydrogen) atoms. The summed E-state index contributed by atoms with van der Waals surface area (Å²) < 4.78 is 81.7. The number of alkyl halides is 3. The monoisotopic (exact) mass is 568 g/mol. The van der Waals surface area contributed by atoms with Gasteiger partial charge in [0.05, 0.1) is 22.7 Å². The molecular formula is C22H15Cl3F4N2O3S. The molecule has 186 valence electrons. The van der Waals surface area contributed by atoms with E-state index >= 15 is 0 Å². The highest BCUT2D eigenvalue weighted by molar-refractivity contribution is 7.89. The predicted octanol–water partition coefficient (Wildman–Crippen LogP) is 6.63. The predicted molar refractivity (Wildman–Crippen MR) is 126 cm³/mol. The van der Waals surface area contributed by atoms with Crippen molar-refractivity contribution in [3.63, 3.8) is 0 Å². The molecule has 0 saturated heterocycles. The third kappa shape index (κ3) is 6.65. The number of benzene rings is 3. The molecule has 0 aliphatic rings. The Morgan fingerprint density at radius 1 is 0.943 bits per heavy atom. The molecule has 0 heterocycles. The van der Waals surface area contributed by atoms with Gasteiger partial charge in [-0.05, 0) is 54.6 Å². The Kier molecular flexibility index (Phi) is 8.33. The number of rotatable bonds is 7. The summed E-state index contributed by atoms with van der Waals surface area (Å²) in [6.07, 6.45) is -4.84. The number of carbonyl (C=O) groups is 1. The van der Waals surface area contributed by atoms with Gasteiger partial charge >= 0.3 is 6.18 Å². The van der Waals surface area contributed by atoms with Crippen molar-refractivity contribution in [2.24, 2.45) is 0 Å². The van der Waals surface area contributed by atoms with Gasteiger partial charge in [0.25, 0.3) is 0 Å². The van der Waals surface area contributed by atoms with E-state index in [0.717, 1.165) is 18.2 Å². The summed E-state index contributed by atoms with van der Waals surface area (Å²) >= 11 is 17.5. The average Bonchev–Trinajstić information content (AvgIpc) is 2.76. The van der Waals surface area contributed by atoms with Crippen LogP contribution in [0.25, 0.3) is 0 Å². The summed E-state index contributed by atoms with van der Waals surface area (Å²) in [7, 11) is -4.44. The maximum absolute atomic E-state index is 14.4. The Labute approximate surface area is 213 Å². The van der Waals surface area contributed by atoms with Gasteiger partial charge in [-0.2, -0.15) is 17.5 Å². The minimum Gasteiger partial charge on any atom is -0.324 e. The van der Waals surface area contributed by atoms with Crippen molar-refractivity contribution in [2.75, 3.05) is 11.9 Å². The van der Waals surface area contributed by atoms with E-state index in [9.17, 15) is 30.8 Å². The highest BCUT2D eigenvalue weighted by atomic mass is 35.5. The van der Waals surface area contributed by atoms with Gasteiger partial charge in [-0.1, -0.05) is 40.9 Å². The molecule has 3 aromatic rings. The van der Waals surface area contributed by atoms with Crippen LogP contribution >= 0.6 is 34.8 Å². The standard InChI is InChI=1S/C22H15Cl3F4N2O3S/c23-13-4-7-15(8-5-13)35(33,34)31(11-16-18(25)2-1-3-19(16)26)12-21(32)30-20-9-6-14(24)10-17(20)22(27,28)29/h1-10H,11-12H2,(H,30,32). The van der Waals surface area contributed by atoms with Gasteiger partial charge < -0.3 is 5.32 Å². The Bertz CT molecular complexity index is 1330. The zero-order chi connectivity index (χ0) is 26.0. The Morgan fingerprint density at radius 2 is 1.57 bits per heavy atom. The first-order valence-electron chi connectivity index (χ1n) is 9.64. The van der Waals surface area contributed by atoms with E-state index in [1.165, 1.54) is 36.4 Å². The maximum atomic E-state index is 14.4. The SMILES string of the molecule is O=C(CN(Cc1c(F)cccc1Cl)S(=O)(=O)c1ccc(Cl)cc1)Nc1ccc(Cl)cc1C(F)(F)F. The summed E-state index contributed by atoms with van der Waals surface area (Å²) in [5.74, 6) is -1.94. The lowest BCUT2D eigenvalue weighted by Crippen LogP contribution is -2.38. The van der Waals surface area contributed by atoms with Crippen LogP contribution in [0.4, 0.5) is 23.2 Å². The van der Waals surface area contributed by atoms with Crippen LogP contribution in [-0.2, 0) is 27.5 Å². The average molecular weight is 570 g/mol. The molecule has 13 heteroatoms. The van der Waals surface area contributed by atoms with Crippen LogP contribution in [-0.4, -0.2) is 25.2 Å². The number of hydrogen-bond acceptors (Lipinski definition) is 3. The molecule has 0 fully saturated rings. The zero-order valence-electron chi connectivity index (χ0n) is 17.4. The lowest BCUT2D eigenvalue weighted by atomic mass is 10.1. The lowest BCUT2D eigenvalue weighted by molar-refractivity contribution is -0.137. The molecule has 0 saturated carbocycles. The van der Waals surface area contributed by atoms with E-state index < -0.39 is 52.3 Å². The van der Waals surface area contributed by atoms with E-state index in [0.29, 0.717) is 10.4 Å². The van der Waals surface area contributed by atoms with E-state index in [1.807, 2.05) is 0 Å². The first-order chi connectivity index (χ1) is 16.3. The van der Waals surface area contributed by atoms with E-state index in [-0.39, 0.29) is 25.5 Å². The highest BCUT2D eigenvalue weighted by Crippen LogP contribution is 2.36. The van der Waals surface area contributed by atoms with Crippen LogP contribution < -0.4 is 5.32 Å². The minimum absolute atomic E-state index is 0.0984. The molecule has 1 N–H and O–H groups in total. The normalized spacial score (nSPS) is 12.1. The summed E-state index contributed by atoms with van der Waals surface area (Å²) in [4.78, 5) is 12.4. The van der Waals surface area contributed by atoms with Crippen molar-refractivity contribution in [2.45, 2.75) is 17.6 Å². The quantitative estimate of drug-likeness (QED) is 0.325. The number of amides is 1. The zero-order valence-corrected chi connectivity index (χ0v) is 20.5. The van der Waals surface area contributed by atoms with Gasteiger partial charge in [0.2, 0.25) is 15.9 Å². The Hall–Kier alpha value is -2.37. The number of hydrogen-bond donors (Lipinski definition) is 1. The van der Waals surface area contributed by atoms with Crippen molar-refractivity contribution in [1.29, 1.82) is 0 Å². The number of nitrogens with one attached hydrogen (secondary N) is 1. The maximum Gasteiger partial charge on any atom is 0.418 e. The van der Waals surface area contributed by atoms with Crippen LogP contribution in [0.5, 0.6) is 0 Å². The summed E-state index contributed by atoms with van der Waals surface area (Å²) in [6, 6.07) is 11.3. The van der Waals surface area contributed by atoms with Crippen LogP contribution in [0.2, 0.25) is 15.1 Å². The van der Waals surface area contributed by atoms with Crippen molar-refractivity contribution in [3.05, 3.63) is 92.7 Å². The number of carbonyl (C=O) groups excluding carboxylic acids is 1. The molecule has 0 aromatic heterocycles. The molecule has 0 aliphatic heterocycles. The highest BCUT2D eigenvalue weighted by Gasteiger charge is 2.35. The summed E-state index contributed by atoms with van der Waals surface area (Å²) in [5.41, 5.74) is -2.07. The second kappa shape index (κ2) is 10.7. The molecule has 1 amide bonds. The molecule has 0 unspecified atom stereocenters. The van der Waals surface area contributed by atoms with Crippen molar-refractivity contribution < 1.29 is 30.8 Å². The third-order valence-electron chi connectivity index (χ3n) is 4.73. The first-order valence-corrected chi connectivity index (χ1v) is 12.2. The number of halogens is 7. The molecule has 0 spiro atoms. The van der Waals surface area contributed by atoms with E-state index in [2.05, 4.69) is 5.32 Å². The second-order valence-electron chi connectivity index (χ2n) is 7.16. The summed E-state index contributed by atoms with van der Waals surface area (Å²) in [6.45, 7) is -1.62. The number of sulfonamides is 1. The molecule has 0 radical (unpaired) electrons. The van der Waals surface area contributed by atoms with Crippen molar-refractivity contribution in [3.8, 4) is 0 Å². The largest absolute Gasteiger partial charge is 0.418 e. The van der Waals surface area contributed by atoms with Gasteiger partial charge in [-0.3, -0.25) is 4.79 Å². The van der Waals surface area contributed by atoms with Crippen LogP contribution in [0, 0.1) is 5.82 Å². The molecule has 5 nitrogen and oxygen atoms in total. The van der Waals surface area contributed by atoms with Crippen LogP contribution in [0.3, 0.4) is 0 Å². The fraction of sp³-hybridized carbons (Fsp3) is 0.136. The molecule has 0 atom stereocenters. The smallest absolute Gasteiger partial charge is 0.324 e. The molecular weight excluding hydrogens is 555 g/mol. The van der Waals surface area contributed by atoms with Crippen molar-refractivity contribution >= 4 is 56.4 Å². The van der Waals surface area contributed by atoms with Gasteiger partial charge in [-0.15, -0.1) is 0 Å². The lowest BCUT2D eigenvalue weighted by Gasteiger charge is -2.23. The van der Waals surface area contributed by atoms with Gasteiger partial charge in [0.15, 0.2) is 0 Å². The summed E-state index contributed by atoms with van der Waals surface area (Å²) in [5, 5.41) is 1.98. The molecule has 0 bridgehead atoms. The molecule has 3 aromatic carbocycles. The van der Waals surface area contributed by atoms with Gasteiger partial charge in [0, 0.05) is 27.2 Å². The molecule has 3 rings (SSSR count). The molecule has 0 aliphatic carbocycles. The van der Waals surface area contributed by atoms with Crippen LogP contribution in [0.1, 0.15) is 11.1 Å². The van der Waals surface area contributed by atoms with Gasteiger partial charge in [-0.25, -0.2) is 12.8 Å². The first kappa shape index (κ1) is 27.2. The number of anilines is 1. The number of nitrogens with zero attached hydrogens (tertiary/aromatic N) is 1. The Morgan fingerprint density at radius 3 is 2.17 bits per heavy atom. The van der Waals surface area contributed by atoms with Crippen molar-refractivity contribution in [1.82, 2.24) is 4.31 Å². The van der Waals surface area contributed by atoms with Crippen LogP contribution in [0.15, 0.2) is 65.6 Å². The van der Waals surface area contributed by atoms with E-state index in [1.54, 1.807) is 0 Å². The second-order valence-corrected chi connectivity index (χ2v) is 10.4. The van der Waals surface area contributed by atoms with E-state index in [4.69, 9.17) is 34.8 Å². The minimum atomic E-state index is -4.84. The third-order valence-corrected chi connectivity index (χ3v) is 7.38. The fourth-order valence-corrected chi connectivity index (χ4v) is 4.94. The van der Waals surface area contributed by atoms with Gasteiger partial charge in [0.1, 0.15) is 5.82 Å².